The number of nitrogens with zero attached hydrogens (tertiary/aromatic N) is 3. The largest absolute Gasteiger partial charge is 0.457 e. The summed E-state index contributed by atoms with van der Waals surface area (Å²) in [6.07, 6.45) is 0. The van der Waals surface area contributed by atoms with Crippen LogP contribution in [0.1, 0.15) is 5.82 Å². The van der Waals surface area contributed by atoms with Gasteiger partial charge in [0.2, 0.25) is 5.28 Å². The summed E-state index contributed by atoms with van der Waals surface area (Å²) in [5.74, 6) is 2.31. The SMILES string of the molecule is Cc1nnc(Cl)n1-c1ccc(Oc2ccccc2)cc1. The van der Waals surface area contributed by atoms with Crippen molar-refractivity contribution in [2.24, 2.45) is 0 Å². The second-order valence-electron chi connectivity index (χ2n) is 4.26. The summed E-state index contributed by atoms with van der Waals surface area (Å²) in [5.41, 5.74) is 0.901. The van der Waals surface area contributed by atoms with E-state index in [1.54, 1.807) is 4.57 Å². The van der Waals surface area contributed by atoms with Crippen LogP contribution in [-0.2, 0) is 0 Å². The molecule has 0 saturated heterocycles. The van der Waals surface area contributed by atoms with Crippen molar-refractivity contribution in [3.8, 4) is 17.2 Å². The zero-order valence-corrected chi connectivity index (χ0v) is 11.6. The topological polar surface area (TPSA) is 39.9 Å². The normalized spacial score (nSPS) is 10.5. The van der Waals surface area contributed by atoms with Crippen molar-refractivity contribution >= 4 is 11.6 Å². The quantitative estimate of drug-likeness (QED) is 0.729. The highest BCUT2D eigenvalue weighted by Crippen LogP contribution is 2.23. The summed E-state index contributed by atoms with van der Waals surface area (Å²) in [5, 5.41) is 8.11. The fourth-order valence-electron chi connectivity index (χ4n) is 1.92. The van der Waals surface area contributed by atoms with Gasteiger partial charge < -0.3 is 4.74 Å². The van der Waals surface area contributed by atoms with Crippen LogP contribution in [0.15, 0.2) is 54.6 Å². The van der Waals surface area contributed by atoms with Crippen molar-refractivity contribution in [2.75, 3.05) is 0 Å². The number of ether oxygens (including phenoxy) is 1. The van der Waals surface area contributed by atoms with Gasteiger partial charge in [-0.1, -0.05) is 18.2 Å². The van der Waals surface area contributed by atoms with Crippen molar-refractivity contribution < 1.29 is 4.74 Å². The number of rotatable bonds is 3. The minimum Gasteiger partial charge on any atom is -0.457 e. The number of aromatic nitrogens is 3. The number of aryl methyl sites for hydroxylation is 1. The molecule has 1 heterocycles. The summed E-state index contributed by atoms with van der Waals surface area (Å²) in [6, 6.07) is 17.3. The van der Waals surface area contributed by atoms with Gasteiger partial charge in [-0.05, 0) is 54.9 Å². The first kappa shape index (κ1) is 12.7. The van der Waals surface area contributed by atoms with Crippen LogP contribution >= 0.6 is 11.6 Å². The molecule has 0 bridgehead atoms. The molecule has 3 aromatic rings. The Morgan fingerprint density at radius 2 is 1.55 bits per heavy atom. The summed E-state index contributed by atoms with van der Waals surface area (Å²) in [6.45, 7) is 1.85. The molecule has 0 aliphatic heterocycles. The first-order chi connectivity index (χ1) is 9.74. The minimum atomic E-state index is 0.347. The number of halogens is 1. The Morgan fingerprint density at radius 3 is 2.15 bits per heavy atom. The highest BCUT2D eigenvalue weighted by atomic mass is 35.5. The average molecular weight is 286 g/mol. The van der Waals surface area contributed by atoms with Gasteiger partial charge >= 0.3 is 0 Å². The molecule has 0 amide bonds. The fourth-order valence-corrected chi connectivity index (χ4v) is 2.18. The van der Waals surface area contributed by atoms with E-state index in [0.717, 1.165) is 23.0 Å². The summed E-state index contributed by atoms with van der Waals surface area (Å²) in [4.78, 5) is 0. The molecule has 3 rings (SSSR count). The lowest BCUT2D eigenvalue weighted by Gasteiger charge is -2.08. The van der Waals surface area contributed by atoms with Crippen molar-refractivity contribution in [2.45, 2.75) is 6.92 Å². The third kappa shape index (κ3) is 2.51. The minimum absolute atomic E-state index is 0.347. The second-order valence-corrected chi connectivity index (χ2v) is 4.60. The molecule has 0 aliphatic carbocycles. The van der Waals surface area contributed by atoms with Gasteiger partial charge in [0.1, 0.15) is 17.3 Å². The summed E-state index contributed by atoms with van der Waals surface area (Å²) < 4.78 is 7.51. The van der Waals surface area contributed by atoms with E-state index >= 15 is 0 Å². The van der Waals surface area contributed by atoms with Crippen LogP contribution in [0.2, 0.25) is 5.28 Å². The van der Waals surface area contributed by atoms with Crippen molar-refractivity contribution in [1.82, 2.24) is 14.8 Å². The molecule has 0 fully saturated rings. The Kier molecular flexibility index (Phi) is 3.39. The highest BCUT2D eigenvalue weighted by molar-refractivity contribution is 6.28. The van der Waals surface area contributed by atoms with E-state index in [0.29, 0.717) is 5.28 Å². The van der Waals surface area contributed by atoms with E-state index in [4.69, 9.17) is 16.3 Å². The second kappa shape index (κ2) is 5.35. The van der Waals surface area contributed by atoms with Gasteiger partial charge in [-0.25, -0.2) is 0 Å². The lowest BCUT2D eigenvalue weighted by molar-refractivity contribution is 0.482. The molecule has 100 valence electrons. The van der Waals surface area contributed by atoms with Crippen LogP contribution in [0.25, 0.3) is 5.69 Å². The fraction of sp³-hybridized carbons (Fsp3) is 0.0667. The van der Waals surface area contributed by atoms with Crippen LogP contribution in [0.5, 0.6) is 11.5 Å². The van der Waals surface area contributed by atoms with Crippen LogP contribution in [0.4, 0.5) is 0 Å². The average Bonchev–Trinajstić information content (AvgIpc) is 2.81. The van der Waals surface area contributed by atoms with E-state index in [1.165, 1.54) is 0 Å². The zero-order valence-electron chi connectivity index (χ0n) is 10.8. The maximum Gasteiger partial charge on any atom is 0.229 e. The van der Waals surface area contributed by atoms with Gasteiger partial charge in [-0.15, -0.1) is 10.2 Å². The molecule has 20 heavy (non-hydrogen) atoms. The van der Waals surface area contributed by atoms with E-state index < -0.39 is 0 Å². The first-order valence-corrected chi connectivity index (χ1v) is 6.53. The number of benzene rings is 2. The molecule has 5 heteroatoms. The predicted octanol–water partition coefficient (Wildman–Crippen LogP) is 4.02. The van der Waals surface area contributed by atoms with Crippen LogP contribution in [-0.4, -0.2) is 14.8 Å². The standard InChI is InChI=1S/C15H12ClN3O/c1-11-17-18-15(16)19(11)12-7-9-14(10-8-12)20-13-5-3-2-4-6-13/h2-10H,1H3. The van der Waals surface area contributed by atoms with E-state index in [-0.39, 0.29) is 0 Å². The molecule has 0 aliphatic rings. The molecule has 0 spiro atoms. The van der Waals surface area contributed by atoms with E-state index in [1.807, 2.05) is 61.5 Å². The molecule has 1 aromatic heterocycles. The maximum atomic E-state index is 6.01. The van der Waals surface area contributed by atoms with Gasteiger partial charge in [-0.3, -0.25) is 4.57 Å². The van der Waals surface area contributed by atoms with Gasteiger partial charge in [0.05, 0.1) is 5.69 Å². The molecule has 0 radical (unpaired) electrons. The van der Waals surface area contributed by atoms with Crippen LogP contribution < -0.4 is 4.74 Å². The molecule has 2 aromatic carbocycles. The Labute approximate surface area is 121 Å². The molecule has 4 nitrogen and oxygen atoms in total. The third-order valence-corrected chi connectivity index (χ3v) is 3.10. The van der Waals surface area contributed by atoms with Gasteiger partial charge in [-0.2, -0.15) is 0 Å². The Bertz CT molecular complexity index is 688. The van der Waals surface area contributed by atoms with E-state index in [2.05, 4.69) is 10.2 Å². The zero-order chi connectivity index (χ0) is 13.9. The Morgan fingerprint density at radius 1 is 0.900 bits per heavy atom. The Hall–Kier alpha value is -2.33. The molecule has 0 unspecified atom stereocenters. The van der Waals surface area contributed by atoms with E-state index in [9.17, 15) is 0 Å². The van der Waals surface area contributed by atoms with Gasteiger partial charge in [0.25, 0.3) is 0 Å². The molecular weight excluding hydrogens is 274 g/mol. The summed E-state index contributed by atoms with van der Waals surface area (Å²) in [7, 11) is 0. The lowest BCUT2D eigenvalue weighted by atomic mass is 10.3. The molecule has 0 atom stereocenters. The van der Waals surface area contributed by atoms with Crippen LogP contribution in [0.3, 0.4) is 0 Å². The smallest absolute Gasteiger partial charge is 0.229 e. The first-order valence-electron chi connectivity index (χ1n) is 6.15. The van der Waals surface area contributed by atoms with Gasteiger partial charge in [0.15, 0.2) is 0 Å². The molecule has 0 saturated carbocycles. The maximum absolute atomic E-state index is 6.01. The monoisotopic (exact) mass is 285 g/mol. The number of para-hydroxylation sites is 1. The van der Waals surface area contributed by atoms with Gasteiger partial charge in [0, 0.05) is 0 Å². The predicted molar refractivity (Wildman–Crippen MR) is 77.6 cm³/mol. The van der Waals surface area contributed by atoms with Crippen LogP contribution in [0, 0.1) is 6.92 Å². The lowest BCUT2D eigenvalue weighted by Crippen LogP contribution is -1.97. The Balaban J connectivity index is 1.85. The number of hydrogen-bond donors (Lipinski definition) is 0. The molecule has 0 N–H and O–H groups in total. The van der Waals surface area contributed by atoms with Crippen molar-refractivity contribution in [3.05, 3.63) is 65.7 Å². The van der Waals surface area contributed by atoms with Crippen molar-refractivity contribution in [1.29, 1.82) is 0 Å². The number of hydrogen-bond acceptors (Lipinski definition) is 3. The summed E-state index contributed by atoms with van der Waals surface area (Å²) >= 11 is 6.01. The molecular formula is C15H12ClN3O. The van der Waals surface area contributed by atoms with Crippen molar-refractivity contribution in [3.63, 3.8) is 0 Å². The third-order valence-electron chi connectivity index (χ3n) is 2.86. The highest BCUT2D eigenvalue weighted by Gasteiger charge is 2.08.